The predicted molar refractivity (Wildman–Crippen MR) is 78.9 cm³/mol. The second-order valence-electron chi connectivity index (χ2n) is 5.75. The summed E-state index contributed by atoms with van der Waals surface area (Å²) in [7, 11) is 0. The molecular formula is C17H22N2O. The van der Waals surface area contributed by atoms with Crippen LogP contribution in [0, 0.1) is 17.2 Å². The summed E-state index contributed by atoms with van der Waals surface area (Å²) in [5.41, 5.74) is 1.05. The number of rotatable bonds is 3. The molecule has 1 heterocycles. The highest BCUT2D eigenvalue weighted by Crippen LogP contribution is 2.25. The van der Waals surface area contributed by atoms with Gasteiger partial charge in [-0.05, 0) is 45.1 Å². The second kappa shape index (κ2) is 6.56. The summed E-state index contributed by atoms with van der Waals surface area (Å²) in [6.45, 7) is 4.18. The molecule has 1 saturated heterocycles. The summed E-state index contributed by atoms with van der Waals surface area (Å²) >= 11 is 0. The van der Waals surface area contributed by atoms with Gasteiger partial charge in [-0.2, -0.15) is 5.26 Å². The van der Waals surface area contributed by atoms with Gasteiger partial charge in [0, 0.05) is 12.1 Å². The average Bonchev–Trinajstić information content (AvgIpc) is 2.45. The van der Waals surface area contributed by atoms with Gasteiger partial charge in [0.15, 0.2) is 0 Å². The van der Waals surface area contributed by atoms with Crippen molar-refractivity contribution in [2.45, 2.75) is 51.6 Å². The van der Waals surface area contributed by atoms with Crippen molar-refractivity contribution in [2.24, 2.45) is 5.92 Å². The average molecular weight is 270 g/mol. The van der Waals surface area contributed by atoms with Gasteiger partial charge >= 0.3 is 0 Å². The molecule has 0 aliphatic carbocycles. The van der Waals surface area contributed by atoms with Gasteiger partial charge in [0.2, 0.25) is 5.91 Å². The fourth-order valence-electron chi connectivity index (χ4n) is 3.07. The number of nitriles is 1. The van der Waals surface area contributed by atoms with Crippen molar-refractivity contribution in [3.8, 4) is 6.07 Å². The number of nitrogens with zero attached hydrogens (tertiary/aromatic N) is 2. The van der Waals surface area contributed by atoms with E-state index in [1.807, 2.05) is 35.2 Å². The Hall–Kier alpha value is -1.82. The molecule has 3 nitrogen and oxygen atoms in total. The molecule has 20 heavy (non-hydrogen) atoms. The molecule has 106 valence electrons. The molecule has 2 rings (SSSR count). The van der Waals surface area contributed by atoms with Crippen molar-refractivity contribution in [1.29, 1.82) is 5.26 Å². The van der Waals surface area contributed by atoms with Crippen molar-refractivity contribution < 1.29 is 4.79 Å². The molecule has 0 aromatic heterocycles. The van der Waals surface area contributed by atoms with Gasteiger partial charge in [-0.3, -0.25) is 4.79 Å². The topological polar surface area (TPSA) is 44.1 Å². The SMILES string of the molecule is C[C@@H]1CCC[C@H](C)N1C(=O)C(C#N)Cc1ccccc1. The number of piperidine rings is 1. The van der Waals surface area contributed by atoms with Crippen molar-refractivity contribution in [1.82, 2.24) is 4.90 Å². The molecule has 1 aliphatic heterocycles. The van der Waals surface area contributed by atoms with Gasteiger partial charge in [0.25, 0.3) is 0 Å². The first kappa shape index (κ1) is 14.6. The molecule has 1 aromatic rings. The molecule has 0 spiro atoms. The van der Waals surface area contributed by atoms with E-state index in [0.717, 1.165) is 18.4 Å². The molecule has 0 N–H and O–H groups in total. The van der Waals surface area contributed by atoms with Crippen molar-refractivity contribution in [3.63, 3.8) is 0 Å². The molecule has 0 bridgehead atoms. The number of benzene rings is 1. The van der Waals surface area contributed by atoms with Gasteiger partial charge in [-0.15, -0.1) is 0 Å². The highest BCUT2D eigenvalue weighted by molar-refractivity contribution is 5.82. The number of likely N-dealkylation sites (tertiary alicyclic amines) is 1. The fraction of sp³-hybridized carbons (Fsp3) is 0.529. The first-order valence-corrected chi connectivity index (χ1v) is 7.39. The molecule has 0 radical (unpaired) electrons. The molecule has 1 amide bonds. The van der Waals surface area contributed by atoms with E-state index in [0.29, 0.717) is 6.42 Å². The molecule has 1 aliphatic rings. The van der Waals surface area contributed by atoms with E-state index < -0.39 is 5.92 Å². The van der Waals surface area contributed by atoms with E-state index in [1.165, 1.54) is 6.42 Å². The lowest BCUT2D eigenvalue weighted by Crippen LogP contribution is -2.50. The van der Waals surface area contributed by atoms with Crippen LogP contribution in [-0.4, -0.2) is 22.9 Å². The Morgan fingerprint density at radius 2 is 1.90 bits per heavy atom. The minimum atomic E-state index is -0.569. The minimum absolute atomic E-state index is 0.00365. The quantitative estimate of drug-likeness (QED) is 0.846. The van der Waals surface area contributed by atoms with Crippen LogP contribution in [0.5, 0.6) is 0 Å². The summed E-state index contributed by atoms with van der Waals surface area (Å²) in [5, 5.41) is 9.36. The smallest absolute Gasteiger partial charge is 0.240 e. The lowest BCUT2D eigenvalue weighted by molar-refractivity contribution is -0.139. The van der Waals surface area contributed by atoms with Crippen LogP contribution in [0.25, 0.3) is 0 Å². The van der Waals surface area contributed by atoms with Gasteiger partial charge in [0.1, 0.15) is 5.92 Å². The Morgan fingerprint density at radius 3 is 2.45 bits per heavy atom. The van der Waals surface area contributed by atoms with E-state index in [1.54, 1.807) is 0 Å². The zero-order valence-corrected chi connectivity index (χ0v) is 12.2. The molecule has 0 saturated carbocycles. The first-order valence-electron chi connectivity index (χ1n) is 7.39. The third-order valence-corrected chi connectivity index (χ3v) is 4.18. The summed E-state index contributed by atoms with van der Waals surface area (Å²) < 4.78 is 0. The predicted octanol–water partition coefficient (Wildman–Crippen LogP) is 3.16. The number of carbonyl (C=O) groups excluding carboxylic acids is 1. The third kappa shape index (κ3) is 3.19. The molecular weight excluding hydrogens is 248 g/mol. The zero-order valence-electron chi connectivity index (χ0n) is 12.2. The number of hydrogen-bond donors (Lipinski definition) is 0. The van der Waals surface area contributed by atoms with Crippen molar-refractivity contribution in [3.05, 3.63) is 35.9 Å². The standard InChI is InChI=1S/C17H22N2O/c1-13-7-6-8-14(2)19(13)17(20)16(12-18)11-15-9-4-3-5-10-15/h3-5,9-10,13-14,16H,6-8,11H2,1-2H3/t13-,14+,16?. The van der Waals surface area contributed by atoms with E-state index in [2.05, 4.69) is 19.9 Å². The highest BCUT2D eigenvalue weighted by Gasteiger charge is 2.33. The maximum Gasteiger partial charge on any atom is 0.240 e. The summed E-state index contributed by atoms with van der Waals surface area (Å²) in [6.07, 6.45) is 3.76. The molecule has 1 unspecified atom stereocenters. The van der Waals surface area contributed by atoms with Crippen LogP contribution in [0.1, 0.15) is 38.7 Å². The van der Waals surface area contributed by atoms with Crippen LogP contribution in [0.2, 0.25) is 0 Å². The maximum atomic E-state index is 12.7. The molecule has 1 fully saturated rings. The Morgan fingerprint density at radius 1 is 1.30 bits per heavy atom. The largest absolute Gasteiger partial charge is 0.336 e. The van der Waals surface area contributed by atoms with E-state index in [9.17, 15) is 10.1 Å². The molecule has 1 aromatic carbocycles. The van der Waals surface area contributed by atoms with Crippen molar-refractivity contribution in [2.75, 3.05) is 0 Å². The van der Waals surface area contributed by atoms with Gasteiger partial charge in [-0.1, -0.05) is 30.3 Å². The van der Waals surface area contributed by atoms with Crippen LogP contribution >= 0.6 is 0 Å². The maximum absolute atomic E-state index is 12.7. The Kier molecular flexibility index (Phi) is 4.79. The van der Waals surface area contributed by atoms with Crippen LogP contribution in [-0.2, 0) is 11.2 Å². The normalized spacial score (nSPS) is 23.9. The summed E-state index contributed by atoms with van der Waals surface area (Å²) in [4.78, 5) is 14.6. The number of hydrogen-bond acceptors (Lipinski definition) is 2. The fourth-order valence-corrected chi connectivity index (χ4v) is 3.07. The lowest BCUT2D eigenvalue weighted by Gasteiger charge is -2.40. The Labute approximate surface area is 121 Å². The summed E-state index contributed by atoms with van der Waals surface area (Å²) in [6, 6.07) is 12.5. The van der Waals surface area contributed by atoms with Gasteiger partial charge < -0.3 is 4.90 Å². The highest BCUT2D eigenvalue weighted by atomic mass is 16.2. The van der Waals surface area contributed by atoms with Crippen molar-refractivity contribution >= 4 is 5.91 Å². The second-order valence-corrected chi connectivity index (χ2v) is 5.75. The Bertz CT molecular complexity index is 481. The zero-order chi connectivity index (χ0) is 14.5. The lowest BCUT2D eigenvalue weighted by atomic mass is 9.93. The third-order valence-electron chi connectivity index (χ3n) is 4.18. The first-order chi connectivity index (χ1) is 9.63. The number of carbonyl (C=O) groups is 1. The monoisotopic (exact) mass is 270 g/mol. The minimum Gasteiger partial charge on any atom is -0.336 e. The van der Waals surface area contributed by atoms with E-state index in [4.69, 9.17) is 0 Å². The van der Waals surface area contributed by atoms with E-state index >= 15 is 0 Å². The van der Waals surface area contributed by atoms with Crippen LogP contribution in [0.15, 0.2) is 30.3 Å². The van der Waals surface area contributed by atoms with Crippen LogP contribution in [0.3, 0.4) is 0 Å². The summed E-state index contributed by atoms with van der Waals surface area (Å²) in [5.74, 6) is -0.573. The van der Waals surface area contributed by atoms with Crippen LogP contribution < -0.4 is 0 Å². The van der Waals surface area contributed by atoms with Gasteiger partial charge in [-0.25, -0.2) is 0 Å². The Balaban J connectivity index is 2.11. The van der Waals surface area contributed by atoms with E-state index in [-0.39, 0.29) is 18.0 Å². The van der Waals surface area contributed by atoms with Gasteiger partial charge in [0.05, 0.1) is 6.07 Å². The molecule has 3 atom stereocenters. The molecule has 3 heteroatoms. The van der Waals surface area contributed by atoms with Crippen LogP contribution in [0.4, 0.5) is 0 Å². The number of amides is 1.